The zero-order valence-electron chi connectivity index (χ0n) is 16.0. The standard InChI is InChI=1S/C18H26ClN5S2.HI/c1-13-16(25-14(2)22-13)6-7-21-18(20-3)24-10-8-23(9-11-24)12-15-4-5-17(19)26-15;/h4-5H,6-12H2,1-3H3,(H,20,21);1H. The summed E-state index contributed by atoms with van der Waals surface area (Å²) in [5.74, 6) is 1.00. The van der Waals surface area contributed by atoms with Crippen LogP contribution in [0.5, 0.6) is 0 Å². The minimum atomic E-state index is 0. The number of guanidine groups is 1. The number of hydrogen-bond acceptors (Lipinski definition) is 5. The Bertz CT molecular complexity index is 753. The third-order valence-electron chi connectivity index (χ3n) is 4.53. The predicted octanol–water partition coefficient (Wildman–Crippen LogP) is 4.03. The Hall–Kier alpha value is -0.420. The van der Waals surface area contributed by atoms with Crippen molar-refractivity contribution in [3.8, 4) is 0 Å². The molecule has 27 heavy (non-hydrogen) atoms. The third kappa shape index (κ3) is 6.56. The van der Waals surface area contributed by atoms with Gasteiger partial charge in [-0.15, -0.1) is 46.7 Å². The molecule has 0 saturated carbocycles. The van der Waals surface area contributed by atoms with Gasteiger partial charge >= 0.3 is 0 Å². The first-order chi connectivity index (χ1) is 12.5. The van der Waals surface area contributed by atoms with Crippen molar-refractivity contribution in [3.05, 3.63) is 36.9 Å². The van der Waals surface area contributed by atoms with Gasteiger partial charge in [0.15, 0.2) is 5.96 Å². The van der Waals surface area contributed by atoms with Crippen molar-refractivity contribution in [1.29, 1.82) is 0 Å². The summed E-state index contributed by atoms with van der Waals surface area (Å²) in [5, 5.41) is 4.66. The van der Waals surface area contributed by atoms with Gasteiger partial charge in [0, 0.05) is 62.5 Å². The molecule has 1 aliphatic heterocycles. The van der Waals surface area contributed by atoms with Crippen LogP contribution in [0.3, 0.4) is 0 Å². The fourth-order valence-electron chi connectivity index (χ4n) is 3.20. The molecule has 3 heterocycles. The summed E-state index contributed by atoms with van der Waals surface area (Å²) in [5.41, 5.74) is 1.16. The smallest absolute Gasteiger partial charge is 0.193 e. The van der Waals surface area contributed by atoms with E-state index in [0.29, 0.717) is 0 Å². The Balaban J connectivity index is 0.00000261. The van der Waals surface area contributed by atoms with Gasteiger partial charge in [0.1, 0.15) is 0 Å². The van der Waals surface area contributed by atoms with E-state index >= 15 is 0 Å². The van der Waals surface area contributed by atoms with E-state index in [1.807, 2.05) is 13.1 Å². The average molecular weight is 540 g/mol. The number of nitrogens with zero attached hydrogens (tertiary/aromatic N) is 4. The predicted molar refractivity (Wildman–Crippen MR) is 128 cm³/mol. The Morgan fingerprint density at radius 1 is 1.22 bits per heavy atom. The summed E-state index contributed by atoms with van der Waals surface area (Å²) < 4.78 is 0.870. The van der Waals surface area contributed by atoms with Gasteiger partial charge in [-0.2, -0.15) is 0 Å². The summed E-state index contributed by atoms with van der Waals surface area (Å²) in [6.07, 6.45) is 0.995. The molecule has 5 nitrogen and oxygen atoms in total. The highest BCUT2D eigenvalue weighted by atomic mass is 127. The maximum Gasteiger partial charge on any atom is 0.193 e. The zero-order valence-corrected chi connectivity index (χ0v) is 20.7. The van der Waals surface area contributed by atoms with Gasteiger partial charge in [0.2, 0.25) is 0 Å². The monoisotopic (exact) mass is 539 g/mol. The van der Waals surface area contributed by atoms with Crippen molar-refractivity contribution >= 4 is 64.2 Å². The number of aryl methyl sites for hydroxylation is 2. The van der Waals surface area contributed by atoms with E-state index < -0.39 is 0 Å². The fraction of sp³-hybridized carbons (Fsp3) is 0.556. The van der Waals surface area contributed by atoms with Gasteiger partial charge in [0.25, 0.3) is 0 Å². The molecule has 1 aliphatic rings. The van der Waals surface area contributed by atoms with Crippen molar-refractivity contribution in [1.82, 2.24) is 20.1 Å². The minimum absolute atomic E-state index is 0. The SMILES string of the molecule is CN=C(NCCc1sc(C)nc1C)N1CCN(Cc2ccc(Cl)s2)CC1.I. The van der Waals surface area contributed by atoms with E-state index in [2.05, 4.69) is 45.0 Å². The van der Waals surface area contributed by atoms with Gasteiger partial charge in [-0.25, -0.2) is 4.98 Å². The highest BCUT2D eigenvalue weighted by Crippen LogP contribution is 2.23. The molecule has 2 aromatic heterocycles. The second kappa shape index (κ2) is 10.9. The number of thiophene rings is 1. The number of nitrogens with one attached hydrogen (secondary N) is 1. The molecule has 1 saturated heterocycles. The Kier molecular flexibility index (Phi) is 9.27. The molecule has 1 fully saturated rings. The van der Waals surface area contributed by atoms with E-state index in [1.165, 1.54) is 9.75 Å². The molecule has 0 spiro atoms. The molecule has 0 aliphatic carbocycles. The molecule has 9 heteroatoms. The van der Waals surface area contributed by atoms with Crippen molar-refractivity contribution < 1.29 is 0 Å². The summed E-state index contributed by atoms with van der Waals surface area (Å²) in [4.78, 5) is 16.5. The van der Waals surface area contributed by atoms with Gasteiger partial charge in [-0.3, -0.25) is 9.89 Å². The van der Waals surface area contributed by atoms with Crippen LogP contribution in [0.4, 0.5) is 0 Å². The van der Waals surface area contributed by atoms with E-state index in [0.717, 1.165) is 66.7 Å². The average Bonchev–Trinajstić information content (AvgIpc) is 3.17. The molecule has 1 N–H and O–H groups in total. The number of aromatic nitrogens is 1. The molecule has 0 aromatic carbocycles. The van der Waals surface area contributed by atoms with Crippen LogP contribution in [-0.4, -0.2) is 60.5 Å². The molecule has 0 amide bonds. The molecule has 2 aromatic rings. The lowest BCUT2D eigenvalue weighted by atomic mass is 10.3. The van der Waals surface area contributed by atoms with E-state index in [1.54, 1.807) is 22.7 Å². The largest absolute Gasteiger partial charge is 0.356 e. The first-order valence-corrected chi connectivity index (χ1v) is 10.9. The summed E-state index contributed by atoms with van der Waals surface area (Å²) in [6, 6.07) is 4.11. The van der Waals surface area contributed by atoms with Crippen LogP contribution < -0.4 is 5.32 Å². The Morgan fingerprint density at radius 3 is 2.52 bits per heavy atom. The number of thiazole rings is 1. The van der Waals surface area contributed by atoms with Gasteiger partial charge in [0.05, 0.1) is 15.0 Å². The summed E-state index contributed by atoms with van der Waals surface area (Å²) in [6.45, 7) is 10.1. The molecule has 0 atom stereocenters. The van der Waals surface area contributed by atoms with Crippen LogP contribution in [0, 0.1) is 13.8 Å². The first kappa shape index (κ1) is 22.9. The molecular weight excluding hydrogens is 513 g/mol. The summed E-state index contributed by atoms with van der Waals surface area (Å²) >= 11 is 9.50. The normalized spacial score (nSPS) is 15.7. The first-order valence-electron chi connectivity index (χ1n) is 8.90. The minimum Gasteiger partial charge on any atom is -0.356 e. The maximum atomic E-state index is 6.03. The van der Waals surface area contributed by atoms with Crippen molar-refractivity contribution in [2.75, 3.05) is 39.8 Å². The number of aliphatic imine (C=N–C) groups is 1. The lowest BCUT2D eigenvalue weighted by molar-refractivity contribution is 0.174. The summed E-state index contributed by atoms with van der Waals surface area (Å²) in [7, 11) is 1.87. The van der Waals surface area contributed by atoms with Gasteiger partial charge in [-0.1, -0.05) is 11.6 Å². The van der Waals surface area contributed by atoms with Crippen molar-refractivity contribution in [2.24, 2.45) is 4.99 Å². The molecule has 150 valence electrons. The highest BCUT2D eigenvalue weighted by Gasteiger charge is 2.20. The van der Waals surface area contributed by atoms with Crippen LogP contribution in [0.2, 0.25) is 4.34 Å². The number of hydrogen-bond donors (Lipinski definition) is 1. The lowest BCUT2D eigenvalue weighted by Gasteiger charge is -2.36. The van der Waals surface area contributed by atoms with E-state index in [-0.39, 0.29) is 24.0 Å². The van der Waals surface area contributed by atoms with Crippen molar-refractivity contribution in [2.45, 2.75) is 26.8 Å². The Morgan fingerprint density at radius 2 is 1.96 bits per heavy atom. The molecular formula is C18H27ClIN5S2. The van der Waals surface area contributed by atoms with Crippen LogP contribution in [0.25, 0.3) is 0 Å². The molecule has 0 bridgehead atoms. The molecule has 0 unspecified atom stereocenters. The molecule has 3 rings (SSSR count). The quantitative estimate of drug-likeness (QED) is 0.354. The van der Waals surface area contributed by atoms with Gasteiger partial charge in [-0.05, 0) is 26.0 Å². The third-order valence-corrected chi connectivity index (χ3v) is 6.88. The fourth-order valence-corrected chi connectivity index (χ4v) is 5.27. The number of piperazine rings is 1. The van der Waals surface area contributed by atoms with Crippen LogP contribution in [-0.2, 0) is 13.0 Å². The lowest BCUT2D eigenvalue weighted by Crippen LogP contribution is -2.52. The van der Waals surface area contributed by atoms with E-state index in [4.69, 9.17) is 11.6 Å². The van der Waals surface area contributed by atoms with Crippen LogP contribution >= 0.6 is 58.3 Å². The molecule has 0 radical (unpaired) electrons. The number of halogens is 2. The van der Waals surface area contributed by atoms with Crippen molar-refractivity contribution in [3.63, 3.8) is 0 Å². The second-order valence-electron chi connectivity index (χ2n) is 6.43. The topological polar surface area (TPSA) is 43.8 Å². The van der Waals surface area contributed by atoms with Gasteiger partial charge < -0.3 is 10.2 Å². The highest BCUT2D eigenvalue weighted by molar-refractivity contribution is 14.0. The zero-order chi connectivity index (χ0) is 18.5. The second-order valence-corrected chi connectivity index (χ2v) is 9.52. The Labute approximate surface area is 191 Å². The van der Waals surface area contributed by atoms with E-state index in [9.17, 15) is 0 Å². The maximum absolute atomic E-state index is 6.03. The van der Waals surface area contributed by atoms with Crippen LogP contribution in [0.1, 0.15) is 20.5 Å². The van der Waals surface area contributed by atoms with Crippen LogP contribution in [0.15, 0.2) is 17.1 Å². The number of rotatable bonds is 5.